The summed E-state index contributed by atoms with van der Waals surface area (Å²) in [5.74, 6) is -0.628. The third kappa shape index (κ3) is 5.24. The van der Waals surface area contributed by atoms with Crippen molar-refractivity contribution in [3.63, 3.8) is 0 Å². The number of amides is 1. The van der Waals surface area contributed by atoms with E-state index in [0.717, 1.165) is 50.9 Å². The minimum atomic E-state index is -0.342. The maximum Gasteiger partial charge on any atom is 0.254 e. The molecule has 2 fully saturated rings. The molecule has 0 spiro atoms. The lowest BCUT2D eigenvalue weighted by atomic mass is 10.1. The topological polar surface area (TPSA) is 32.8 Å². The van der Waals surface area contributed by atoms with Gasteiger partial charge >= 0.3 is 0 Å². The zero-order valence-corrected chi connectivity index (χ0v) is 17.1. The van der Waals surface area contributed by atoms with Crippen molar-refractivity contribution in [1.29, 1.82) is 0 Å². The van der Waals surface area contributed by atoms with Gasteiger partial charge < -0.3 is 9.64 Å². The molecule has 1 heterocycles. The highest BCUT2D eigenvalue weighted by molar-refractivity contribution is 5.94. The van der Waals surface area contributed by atoms with Gasteiger partial charge in [-0.1, -0.05) is 25.0 Å². The van der Waals surface area contributed by atoms with E-state index in [2.05, 4.69) is 4.90 Å². The standard InChI is InChI=1S/C24H28F2N2O2/c25-20-9-5-18(6-10-20)15-27-13-14-30-23(16-27)17-28(22-3-1-2-4-22)24(29)19-7-11-21(26)12-8-19/h5-12,22-23H,1-4,13-17H2/t23-/m0/s1. The van der Waals surface area contributed by atoms with Crippen LogP contribution in [0.3, 0.4) is 0 Å². The zero-order chi connectivity index (χ0) is 20.9. The molecule has 4 rings (SSSR count). The molecule has 1 aliphatic heterocycles. The van der Waals surface area contributed by atoms with Crippen LogP contribution in [0.25, 0.3) is 0 Å². The van der Waals surface area contributed by atoms with Crippen LogP contribution in [0.5, 0.6) is 0 Å². The fourth-order valence-electron chi connectivity index (χ4n) is 4.47. The zero-order valence-electron chi connectivity index (χ0n) is 17.1. The van der Waals surface area contributed by atoms with Crippen LogP contribution >= 0.6 is 0 Å². The van der Waals surface area contributed by atoms with Gasteiger partial charge in [0.05, 0.1) is 12.7 Å². The Balaban J connectivity index is 1.43. The summed E-state index contributed by atoms with van der Waals surface area (Å²) in [6, 6.07) is 12.6. The Labute approximate surface area is 176 Å². The smallest absolute Gasteiger partial charge is 0.254 e. The molecule has 1 saturated carbocycles. The first-order valence-electron chi connectivity index (χ1n) is 10.7. The van der Waals surface area contributed by atoms with Crippen molar-refractivity contribution in [2.75, 3.05) is 26.2 Å². The normalized spacial score (nSPS) is 20.4. The molecule has 0 unspecified atom stereocenters. The molecule has 2 aromatic carbocycles. The summed E-state index contributed by atoms with van der Waals surface area (Å²) in [4.78, 5) is 17.4. The summed E-state index contributed by atoms with van der Waals surface area (Å²) in [5, 5.41) is 0. The van der Waals surface area contributed by atoms with E-state index in [9.17, 15) is 13.6 Å². The van der Waals surface area contributed by atoms with Gasteiger partial charge in [-0.05, 0) is 54.8 Å². The number of rotatable bonds is 6. The highest BCUT2D eigenvalue weighted by Crippen LogP contribution is 2.26. The highest BCUT2D eigenvalue weighted by atomic mass is 19.1. The first-order valence-corrected chi connectivity index (χ1v) is 10.7. The summed E-state index contributed by atoms with van der Waals surface area (Å²) in [5.41, 5.74) is 1.58. The molecule has 0 aromatic heterocycles. The maximum absolute atomic E-state index is 13.3. The minimum absolute atomic E-state index is 0.0545. The van der Waals surface area contributed by atoms with Crippen LogP contribution in [-0.2, 0) is 11.3 Å². The van der Waals surface area contributed by atoms with Gasteiger partial charge in [-0.2, -0.15) is 0 Å². The van der Waals surface area contributed by atoms with E-state index in [1.165, 1.54) is 24.3 Å². The average molecular weight is 414 g/mol. The summed E-state index contributed by atoms with van der Waals surface area (Å²) < 4.78 is 32.5. The largest absolute Gasteiger partial charge is 0.374 e. The van der Waals surface area contributed by atoms with Crippen LogP contribution in [0.2, 0.25) is 0 Å². The number of carbonyl (C=O) groups excluding carboxylic acids is 1. The Morgan fingerprint density at radius 3 is 2.30 bits per heavy atom. The SMILES string of the molecule is O=C(c1ccc(F)cc1)N(C[C@@H]1CN(Cc2ccc(F)cc2)CCO1)C1CCCC1. The van der Waals surface area contributed by atoms with Gasteiger partial charge in [-0.25, -0.2) is 8.78 Å². The van der Waals surface area contributed by atoms with Gasteiger partial charge in [0.25, 0.3) is 5.91 Å². The van der Waals surface area contributed by atoms with Gasteiger partial charge in [0, 0.05) is 37.8 Å². The summed E-state index contributed by atoms with van der Waals surface area (Å²) in [6.07, 6.45) is 4.17. The van der Waals surface area contributed by atoms with E-state index in [1.807, 2.05) is 17.0 Å². The first-order chi connectivity index (χ1) is 14.6. The second-order valence-corrected chi connectivity index (χ2v) is 8.26. The molecule has 6 heteroatoms. The fourth-order valence-corrected chi connectivity index (χ4v) is 4.47. The lowest BCUT2D eigenvalue weighted by Gasteiger charge is -2.38. The predicted octanol–water partition coefficient (Wildman–Crippen LogP) is 4.25. The molecular formula is C24H28F2N2O2. The van der Waals surface area contributed by atoms with E-state index in [0.29, 0.717) is 18.7 Å². The Morgan fingerprint density at radius 2 is 1.63 bits per heavy atom. The van der Waals surface area contributed by atoms with Crippen molar-refractivity contribution >= 4 is 5.91 Å². The minimum Gasteiger partial charge on any atom is -0.374 e. The van der Waals surface area contributed by atoms with Crippen LogP contribution in [0, 0.1) is 11.6 Å². The number of nitrogens with zero attached hydrogens (tertiary/aromatic N) is 2. The Hall–Kier alpha value is -2.31. The van der Waals surface area contributed by atoms with Crippen molar-refractivity contribution in [2.45, 2.75) is 44.4 Å². The molecule has 0 radical (unpaired) electrons. The summed E-state index contributed by atoms with van der Waals surface area (Å²) in [7, 11) is 0. The molecule has 1 amide bonds. The summed E-state index contributed by atoms with van der Waals surface area (Å²) >= 11 is 0. The maximum atomic E-state index is 13.3. The molecule has 160 valence electrons. The van der Waals surface area contributed by atoms with Crippen LogP contribution in [0.1, 0.15) is 41.6 Å². The Bertz CT molecular complexity index is 835. The quantitative estimate of drug-likeness (QED) is 0.709. The number of benzene rings is 2. The third-order valence-electron chi connectivity index (χ3n) is 6.06. The van der Waals surface area contributed by atoms with E-state index < -0.39 is 0 Å². The predicted molar refractivity (Wildman–Crippen MR) is 111 cm³/mol. The average Bonchev–Trinajstić information content (AvgIpc) is 3.29. The Morgan fingerprint density at radius 1 is 1.00 bits per heavy atom. The van der Waals surface area contributed by atoms with E-state index in [1.54, 1.807) is 12.1 Å². The molecule has 2 aromatic rings. The van der Waals surface area contributed by atoms with Gasteiger partial charge in [0.15, 0.2) is 0 Å². The van der Waals surface area contributed by atoms with Crippen LogP contribution in [0.15, 0.2) is 48.5 Å². The molecule has 30 heavy (non-hydrogen) atoms. The number of morpholine rings is 1. The van der Waals surface area contributed by atoms with Crippen LogP contribution < -0.4 is 0 Å². The second-order valence-electron chi connectivity index (χ2n) is 8.26. The number of carbonyl (C=O) groups is 1. The van der Waals surface area contributed by atoms with Crippen LogP contribution in [-0.4, -0.2) is 54.1 Å². The number of halogens is 2. The lowest BCUT2D eigenvalue weighted by Crippen LogP contribution is -2.50. The number of ether oxygens (including phenoxy) is 1. The molecule has 0 bridgehead atoms. The van der Waals surface area contributed by atoms with Crippen molar-refractivity contribution < 1.29 is 18.3 Å². The first kappa shape index (κ1) is 20.9. The van der Waals surface area contributed by atoms with Gasteiger partial charge in [0.1, 0.15) is 11.6 Å². The molecule has 1 atom stereocenters. The molecule has 2 aliphatic rings. The van der Waals surface area contributed by atoms with Crippen molar-refractivity contribution in [2.24, 2.45) is 0 Å². The van der Waals surface area contributed by atoms with Gasteiger partial charge in [0.2, 0.25) is 0 Å². The highest BCUT2D eigenvalue weighted by Gasteiger charge is 2.31. The fraction of sp³-hybridized carbons (Fsp3) is 0.458. The van der Waals surface area contributed by atoms with E-state index >= 15 is 0 Å². The molecule has 0 N–H and O–H groups in total. The number of hydrogen-bond donors (Lipinski definition) is 0. The molecular weight excluding hydrogens is 386 g/mol. The van der Waals surface area contributed by atoms with E-state index in [-0.39, 0.29) is 29.7 Å². The molecule has 1 aliphatic carbocycles. The van der Waals surface area contributed by atoms with Gasteiger partial charge in [-0.15, -0.1) is 0 Å². The van der Waals surface area contributed by atoms with Gasteiger partial charge in [-0.3, -0.25) is 9.69 Å². The van der Waals surface area contributed by atoms with Crippen molar-refractivity contribution in [3.05, 3.63) is 71.3 Å². The monoisotopic (exact) mass is 414 g/mol. The van der Waals surface area contributed by atoms with Crippen LogP contribution in [0.4, 0.5) is 8.78 Å². The third-order valence-corrected chi connectivity index (χ3v) is 6.06. The lowest BCUT2D eigenvalue weighted by molar-refractivity contribution is -0.0468. The van der Waals surface area contributed by atoms with Crippen molar-refractivity contribution in [1.82, 2.24) is 9.80 Å². The summed E-state index contributed by atoms with van der Waals surface area (Å²) in [6.45, 7) is 3.39. The second kappa shape index (κ2) is 9.67. The van der Waals surface area contributed by atoms with E-state index in [4.69, 9.17) is 4.74 Å². The van der Waals surface area contributed by atoms with Crippen molar-refractivity contribution in [3.8, 4) is 0 Å². The molecule has 1 saturated heterocycles. The molecule has 4 nitrogen and oxygen atoms in total. The Kier molecular flexibility index (Phi) is 6.75. The number of hydrogen-bond acceptors (Lipinski definition) is 3.